The van der Waals surface area contributed by atoms with Crippen LogP contribution in [0.5, 0.6) is 0 Å². The molecule has 0 heterocycles. The minimum atomic E-state index is 0.815. The van der Waals surface area contributed by atoms with Crippen LogP contribution in [0.1, 0.15) is 53.9 Å². The van der Waals surface area contributed by atoms with Gasteiger partial charge in [0, 0.05) is 0 Å². The van der Waals surface area contributed by atoms with Crippen LogP contribution in [0.25, 0.3) is 0 Å². The highest BCUT2D eigenvalue weighted by molar-refractivity contribution is 4.98. The molecule has 1 atom stereocenters. The van der Waals surface area contributed by atoms with E-state index in [2.05, 4.69) is 40.7 Å². The van der Waals surface area contributed by atoms with Crippen molar-refractivity contribution in [3.05, 3.63) is 11.6 Å². The minimum Gasteiger partial charge on any atom is -0.0853 e. The molecule has 0 N–H and O–H groups in total. The number of hydrogen-bond donors (Lipinski definition) is 0. The van der Waals surface area contributed by atoms with Gasteiger partial charge in [-0.3, -0.25) is 0 Å². The summed E-state index contributed by atoms with van der Waals surface area (Å²) in [6.07, 6.45) is 6.21. The lowest BCUT2D eigenvalue weighted by Gasteiger charge is -2.13. The maximum Gasteiger partial charge on any atom is -0.0320 e. The van der Waals surface area contributed by atoms with Crippen molar-refractivity contribution in [3.8, 4) is 0 Å². The summed E-state index contributed by atoms with van der Waals surface area (Å²) in [5.74, 6) is 1.65. The van der Waals surface area contributed by atoms with Gasteiger partial charge in [-0.15, -0.1) is 0 Å². The Labute approximate surface area is 78.1 Å². The molecule has 0 fully saturated rings. The summed E-state index contributed by atoms with van der Waals surface area (Å²) in [5.41, 5.74) is 1.56. The molecule has 12 heavy (non-hydrogen) atoms. The summed E-state index contributed by atoms with van der Waals surface area (Å²) in [6.45, 7) is 11.4. The standard InChI is InChI=1S/C12H24/c1-6-7-11(4)8-9-12(5)10(2)3/h8,10,12H,6-7,9H2,1-5H3. The molecule has 0 aromatic rings. The van der Waals surface area contributed by atoms with Crippen LogP contribution >= 0.6 is 0 Å². The van der Waals surface area contributed by atoms with E-state index in [4.69, 9.17) is 0 Å². The maximum atomic E-state index is 2.41. The molecule has 0 nitrogen and oxygen atoms in total. The van der Waals surface area contributed by atoms with Crippen molar-refractivity contribution in [1.82, 2.24) is 0 Å². The maximum absolute atomic E-state index is 2.41. The van der Waals surface area contributed by atoms with Gasteiger partial charge in [0.25, 0.3) is 0 Å². The predicted octanol–water partition coefficient (Wildman–Crippen LogP) is 4.42. The summed E-state index contributed by atoms with van der Waals surface area (Å²) in [5, 5.41) is 0. The zero-order chi connectivity index (χ0) is 9.56. The normalized spacial score (nSPS) is 15.3. The highest BCUT2D eigenvalue weighted by Crippen LogP contribution is 2.16. The van der Waals surface area contributed by atoms with E-state index in [9.17, 15) is 0 Å². The van der Waals surface area contributed by atoms with E-state index in [1.165, 1.54) is 19.3 Å². The molecule has 0 bridgehead atoms. The van der Waals surface area contributed by atoms with Crippen molar-refractivity contribution < 1.29 is 0 Å². The van der Waals surface area contributed by atoms with E-state index in [-0.39, 0.29) is 0 Å². The quantitative estimate of drug-likeness (QED) is 0.533. The van der Waals surface area contributed by atoms with Crippen LogP contribution in [0.2, 0.25) is 0 Å². The molecule has 0 rings (SSSR count). The minimum absolute atomic E-state index is 0.815. The fourth-order valence-electron chi connectivity index (χ4n) is 1.16. The topological polar surface area (TPSA) is 0 Å². The molecule has 0 heteroatoms. The van der Waals surface area contributed by atoms with Gasteiger partial charge in [-0.2, -0.15) is 0 Å². The SMILES string of the molecule is CCCC(C)=CCC(C)C(C)C. The Bertz CT molecular complexity index is 131. The van der Waals surface area contributed by atoms with Gasteiger partial charge in [-0.05, 0) is 31.6 Å². The lowest BCUT2D eigenvalue weighted by molar-refractivity contribution is 0.423. The number of allylic oxidation sites excluding steroid dienone is 2. The fraction of sp³-hybridized carbons (Fsp3) is 0.833. The highest BCUT2D eigenvalue weighted by Gasteiger charge is 2.04. The summed E-state index contributed by atoms with van der Waals surface area (Å²) in [6, 6.07) is 0. The Morgan fingerprint density at radius 1 is 1.25 bits per heavy atom. The average Bonchev–Trinajstić information content (AvgIpc) is 2.00. The predicted molar refractivity (Wildman–Crippen MR) is 57.3 cm³/mol. The van der Waals surface area contributed by atoms with E-state index < -0.39 is 0 Å². The van der Waals surface area contributed by atoms with E-state index in [0.29, 0.717) is 0 Å². The molecule has 0 aliphatic rings. The zero-order valence-corrected chi connectivity index (χ0v) is 9.35. The molecule has 0 aliphatic carbocycles. The second-order valence-electron chi connectivity index (χ2n) is 4.26. The van der Waals surface area contributed by atoms with Crippen molar-refractivity contribution >= 4 is 0 Å². The summed E-state index contributed by atoms with van der Waals surface area (Å²) < 4.78 is 0. The molecular formula is C12H24. The van der Waals surface area contributed by atoms with Crippen LogP contribution in [0, 0.1) is 11.8 Å². The van der Waals surface area contributed by atoms with Gasteiger partial charge < -0.3 is 0 Å². The van der Waals surface area contributed by atoms with Crippen LogP contribution in [0.15, 0.2) is 11.6 Å². The van der Waals surface area contributed by atoms with Crippen LogP contribution in [0.3, 0.4) is 0 Å². The third-order valence-electron chi connectivity index (χ3n) is 2.62. The number of hydrogen-bond acceptors (Lipinski definition) is 0. The van der Waals surface area contributed by atoms with Gasteiger partial charge in [0.05, 0.1) is 0 Å². The van der Waals surface area contributed by atoms with E-state index in [0.717, 1.165) is 11.8 Å². The first-order valence-electron chi connectivity index (χ1n) is 5.23. The zero-order valence-electron chi connectivity index (χ0n) is 9.35. The van der Waals surface area contributed by atoms with Crippen LogP contribution in [0.4, 0.5) is 0 Å². The second-order valence-corrected chi connectivity index (χ2v) is 4.26. The first kappa shape index (κ1) is 11.7. The highest BCUT2D eigenvalue weighted by atomic mass is 14.1. The fourth-order valence-corrected chi connectivity index (χ4v) is 1.16. The molecule has 0 spiro atoms. The Balaban J connectivity index is 3.71. The molecule has 72 valence electrons. The molecule has 0 saturated carbocycles. The third-order valence-corrected chi connectivity index (χ3v) is 2.62. The monoisotopic (exact) mass is 168 g/mol. The molecule has 0 amide bonds. The van der Waals surface area contributed by atoms with Crippen molar-refractivity contribution in [2.24, 2.45) is 11.8 Å². The average molecular weight is 168 g/mol. The van der Waals surface area contributed by atoms with Crippen LogP contribution in [-0.2, 0) is 0 Å². The van der Waals surface area contributed by atoms with E-state index in [1.807, 2.05) is 0 Å². The first-order chi connectivity index (χ1) is 5.57. The molecule has 0 aromatic heterocycles. The van der Waals surface area contributed by atoms with Crippen LogP contribution in [-0.4, -0.2) is 0 Å². The molecule has 0 aliphatic heterocycles. The van der Waals surface area contributed by atoms with Crippen molar-refractivity contribution in [3.63, 3.8) is 0 Å². The van der Waals surface area contributed by atoms with Gasteiger partial charge >= 0.3 is 0 Å². The first-order valence-corrected chi connectivity index (χ1v) is 5.23. The van der Waals surface area contributed by atoms with Gasteiger partial charge in [-0.25, -0.2) is 0 Å². The molecule has 0 radical (unpaired) electrons. The van der Waals surface area contributed by atoms with Crippen LogP contribution < -0.4 is 0 Å². The van der Waals surface area contributed by atoms with Gasteiger partial charge in [-0.1, -0.05) is 45.8 Å². The largest absolute Gasteiger partial charge is 0.0853 e. The molecule has 0 saturated heterocycles. The molecule has 0 aromatic carbocycles. The lowest BCUT2D eigenvalue weighted by Crippen LogP contribution is -2.01. The molecule has 1 unspecified atom stereocenters. The lowest BCUT2D eigenvalue weighted by atomic mass is 9.93. The third kappa shape index (κ3) is 5.40. The summed E-state index contributed by atoms with van der Waals surface area (Å²) in [4.78, 5) is 0. The van der Waals surface area contributed by atoms with Gasteiger partial charge in [0.1, 0.15) is 0 Å². The van der Waals surface area contributed by atoms with Gasteiger partial charge in [0.15, 0.2) is 0 Å². The van der Waals surface area contributed by atoms with E-state index >= 15 is 0 Å². The Hall–Kier alpha value is -0.260. The summed E-state index contributed by atoms with van der Waals surface area (Å²) >= 11 is 0. The van der Waals surface area contributed by atoms with Crippen molar-refractivity contribution in [1.29, 1.82) is 0 Å². The van der Waals surface area contributed by atoms with Gasteiger partial charge in [0.2, 0.25) is 0 Å². The molecular weight excluding hydrogens is 144 g/mol. The van der Waals surface area contributed by atoms with E-state index in [1.54, 1.807) is 5.57 Å². The smallest absolute Gasteiger partial charge is 0.0320 e. The van der Waals surface area contributed by atoms with Crippen molar-refractivity contribution in [2.75, 3.05) is 0 Å². The second kappa shape index (κ2) is 6.28. The Morgan fingerprint density at radius 2 is 1.83 bits per heavy atom. The number of rotatable bonds is 5. The Morgan fingerprint density at radius 3 is 2.25 bits per heavy atom. The summed E-state index contributed by atoms with van der Waals surface area (Å²) in [7, 11) is 0. The Kier molecular flexibility index (Phi) is 6.14. The van der Waals surface area contributed by atoms with Crippen molar-refractivity contribution in [2.45, 2.75) is 53.9 Å².